The molecule has 1 atom stereocenters. The standard InChI is InChI=1S/C15H16N2O2.W.Y/c1-9-4-5-10(2)13(6-9)15-8-12(17-19)7-14(16-15)11(3)18;;/h5,7,15,17,19H,8H2,1-3H3;;/q-2;;. The summed E-state index contributed by atoms with van der Waals surface area (Å²) in [6, 6.07) is 8.02. The number of ketones is 1. The molecular weight excluding hydrogens is 513 g/mol. The number of allylic oxidation sites excluding steroid dienone is 1. The molecule has 1 aliphatic rings. The van der Waals surface area contributed by atoms with Gasteiger partial charge in [0.1, 0.15) is 5.71 Å². The van der Waals surface area contributed by atoms with Gasteiger partial charge in [0.15, 0.2) is 5.78 Å². The van der Waals surface area contributed by atoms with E-state index in [2.05, 4.69) is 22.6 Å². The zero-order valence-corrected chi connectivity index (χ0v) is 18.0. The van der Waals surface area contributed by atoms with E-state index in [-0.39, 0.29) is 65.6 Å². The molecule has 1 heterocycles. The maximum Gasteiger partial charge on any atom is 0.177 e. The van der Waals surface area contributed by atoms with Crippen LogP contribution in [0.5, 0.6) is 0 Å². The fourth-order valence-corrected chi connectivity index (χ4v) is 2.10. The molecule has 1 unspecified atom stereocenters. The maximum atomic E-state index is 11.5. The van der Waals surface area contributed by atoms with Crippen molar-refractivity contribution in [3.63, 3.8) is 0 Å². The number of hydrogen-bond donors (Lipinski definition) is 2. The van der Waals surface area contributed by atoms with Crippen molar-refractivity contribution in [1.29, 1.82) is 0 Å². The van der Waals surface area contributed by atoms with E-state index in [9.17, 15) is 4.79 Å². The number of Topliss-reactive ketones (excluding diaryl/α,β-unsaturated/α-hetero) is 1. The number of aliphatic imine (C=N–C) groups is 1. The van der Waals surface area contributed by atoms with Crippen LogP contribution in [0.4, 0.5) is 0 Å². The van der Waals surface area contributed by atoms with Gasteiger partial charge in [0.05, 0.1) is 0 Å². The number of hydroxylamine groups is 1. The molecule has 2 N–H and O–H groups in total. The Bertz CT molecular complexity index is 585. The van der Waals surface area contributed by atoms with Crippen LogP contribution < -0.4 is 5.48 Å². The summed E-state index contributed by atoms with van der Waals surface area (Å²) >= 11 is 0. The van der Waals surface area contributed by atoms with Gasteiger partial charge in [-0.2, -0.15) is 0 Å². The molecule has 21 heavy (non-hydrogen) atoms. The zero-order valence-electron chi connectivity index (χ0n) is 12.2. The molecule has 109 valence electrons. The van der Waals surface area contributed by atoms with Crippen molar-refractivity contribution < 1.29 is 63.8 Å². The Labute approximate surface area is 164 Å². The summed E-state index contributed by atoms with van der Waals surface area (Å²) in [4.78, 5) is 15.9. The van der Waals surface area contributed by atoms with Gasteiger partial charge in [-0.15, -0.1) is 6.92 Å². The van der Waals surface area contributed by atoms with Crippen LogP contribution in [0.3, 0.4) is 0 Å². The minimum Gasteiger partial charge on any atom is -0.356 e. The number of rotatable bonds is 3. The van der Waals surface area contributed by atoms with Crippen molar-refractivity contribution in [1.82, 2.24) is 5.48 Å². The molecule has 0 saturated carbocycles. The molecule has 6 heteroatoms. The Kier molecular flexibility index (Phi) is 9.03. The monoisotopic (exact) mass is 529 g/mol. The van der Waals surface area contributed by atoms with Gasteiger partial charge in [0, 0.05) is 78.9 Å². The molecule has 1 aromatic carbocycles. The molecule has 0 aliphatic carbocycles. The summed E-state index contributed by atoms with van der Waals surface area (Å²) in [6.07, 6.45) is 2.10. The Morgan fingerprint density at radius 2 is 2.14 bits per heavy atom. The summed E-state index contributed by atoms with van der Waals surface area (Å²) in [5.74, 6) is -0.116. The Morgan fingerprint density at radius 3 is 2.71 bits per heavy atom. The van der Waals surface area contributed by atoms with Gasteiger partial charge < -0.3 is 12.1 Å². The Morgan fingerprint density at radius 1 is 1.48 bits per heavy atom. The van der Waals surface area contributed by atoms with Crippen LogP contribution in [-0.4, -0.2) is 16.7 Å². The largest absolute Gasteiger partial charge is 0.356 e. The molecule has 4 nitrogen and oxygen atoms in total. The number of benzene rings is 1. The van der Waals surface area contributed by atoms with E-state index in [0.29, 0.717) is 17.8 Å². The molecule has 0 amide bonds. The van der Waals surface area contributed by atoms with E-state index >= 15 is 0 Å². The normalized spacial score (nSPS) is 16.9. The van der Waals surface area contributed by atoms with Gasteiger partial charge in [0.25, 0.3) is 0 Å². The number of hydrogen-bond acceptors (Lipinski definition) is 4. The topological polar surface area (TPSA) is 61.7 Å². The quantitative estimate of drug-likeness (QED) is 0.467. The van der Waals surface area contributed by atoms with Crippen molar-refractivity contribution in [3.05, 3.63) is 46.7 Å². The summed E-state index contributed by atoms with van der Waals surface area (Å²) in [5, 5.41) is 9.08. The molecule has 0 fully saturated rings. The minimum absolute atomic E-state index is 0. The van der Waals surface area contributed by atoms with Crippen molar-refractivity contribution in [2.24, 2.45) is 4.99 Å². The first-order chi connectivity index (χ1) is 9.01. The third-order valence-electron chi connectivity index (χ3n) is 3.11. The average Bonchev–Trinajstić information content (AvgIpc) is 2.40. The van der Waals surface area contributed by atoms with Crippen molar-refractivity contribution in [3.8, 4) is 0 Å². The maximum absolute atomic E-state index is 11.5. The number of dihydropyridines is 1. The Hall–Kier alpha value is -0.148. The van der Waals surface area contributed by atoms with Crippen LogP contribution in [0.1, 0.15) is 36.1 Å². The van der Waals surface area contributed by atoms with Gasteiger partial charge in [-0.3, -0.25) is 43.2 Å². The van der Waals surface area contributed by atoms with Gasteiger partial charge in [-0.1, -0.05) is 6.92 Å². The van der Waals surface area contributed by atoms with E-state index in [1.165, 1.54) is 6.92 Å². The van der Waals surface area contributed by atoms with Gasteiger partial charge in [-0.25, -0.2) is 0 Å². The Balaban J connectivity index is 0.00000200. The smallest absolute Gasteiger partial charge is 0.177 e. The van der Waals surface area contributed by atoms with E-state index in [1.807, 2.05) is 19.9 Å². The van der Waals surface area contributed by atoms with Crippen LogP contribution in [-0.2, 0) is 58.6 Å². The molecule has 0 aromatic heterocycles. The van der Waals surface area contributed by atoms with Crippen LogP contribution in [0.25, 0.3) is 0 Å². The first-order valence-electron chi connectivity index (χ1n) is 6.11. The fraction of sp³-hybridized carbons (Fsp3) is 0.333. The molecule has 0 bridgehead atoms. The fourth-order valence-electron chi connectivity index (χ4n) is 2.10. The number of carbonyl (C=O) groups excluding carboxylic acids is 1. The second kappa shape index (κ2) is 9.10. The van der Waals surface area contributed by atoms with E-state index < -0.39 is 0 Å². The number of nitrogens with one attached hydrogen (secondary N) is 1. The second-order valence-electron chi connectivity index (χ2n) is 4.71. The van der Waals surface area contributed by atoms with Crippen LogP contribution >= 0.6 is 0 Å². The predicted octanol–water partition coefficient (Wildman–Crippen LogP) is 2.24. The van der Waals surface area contributed by atoms with Crippen LogP contribution in [0.15, 0.2) is 22.8 Å². The summed E-state index contributed by atoms with van der Waals surface area (Å²) in [5.41, 5.74) is 5.96. The van der Waals surface area contributed by atoms with E-state index in [0.717, 1.165) is 16.7 Å². The number of carbonyl (C=O) groups is 1. The zero-order chi connectivity index (χ0) is 14.0. The summed E-state index contributed by atoms with van der Waals surface area (Å²) < 4.78 is 0. The van der Waals surface area contributed by atoms with Gasteiger partial charge >= 0.3 is 0 Å². The van der Waals surface area contributed by atoms with Crippen molar-refractivity contribution in [2.45, 2.75) is 33.2 Å². The average molecular weight is 529 g/mol. The van der Waals surface area contributed by atoms with E-state index in [4.69, 9.17) is 5.21 Å². The van der Waals surface area contributed by atoms with Crippen molar-refractivity contribution >= 4 is 11.5 Å². The summed E-state index contributed by atoms with van der Waals surface area (Å²) in [6.45, 7) is 5.35. The number of aryl methyl sites for hydroxylation is 2. The van der Waals surface area contributed by atoms with Gasteiger partial charge in [0.2, 0.25) is 0 Å². The molecular formula is C15H16N2O2WY-2. The predicted molar refractivity (Wildman–Crippen MR) is 72.1 cm³/mol. The molecule has 0 saturated heterocycles. The SMILES string of the molecule is CC(=O)C1=NC(c2[c-]c(C)[c-]cc2C)CC(NO)=C1.[W].[Y]. The molecule has 1 aromatic rings. The summed E-state index contributed by atoms with van der Waals surface area (Å²) in [7, 11) is 0. The molecule has 2 rings (SSSR count). The van der Waals surface area contributed by atoms with Crippen LogP contribution in [0.2, 0.25) is 0 Å². The third kappa shape index (κ3) is 5.21. The van der Waals surface area contributed by atoms with Crippen LogP contribution in [0, 0.1) is 26.0 Å². The van der Waals surface area contributed by atoms with Crippen molar-refractivity contribution in [2.75, 3.05) is 0 Å². The number of nitrogens with zero attached hydrogens (tertiary/aromatic N) is 1. The van der Waals surface area contributed by atoms with Gasteiger partial charge in [-0.05, 0) is 6.08 Å². The molecule has 0 spiro atoms. The molecule has 1 radical (unpaired) electrons. The molecule has 1 aliphatic heterocycles. The minimum atomic E-state index is -0.202. The first kappa shape index (κ1) is 20.9. The van der Waals surface area contributed by atoms with E-state index in [1.54, 1.807) is 6.08 Å². The third-order valence-corrected chi connectivity index (χ3v) is 3.11. The first-order valence-corrected chi connectivity index (χ1v) is 6.11. The second-order valence-corrected chi connectivity index (χ2v) is 4.71.